The highest BCUT2D eigenvalue weighted by Crippen LogP contribution is 2.22. The van der Waals surface area contributed by atoms with E-state index in [1.807, 2.05) is 31.3 Å². The molecular formula is C17H16N4O3. The normalized spacial score (nSPS) is 10.4. The maximum absolute atomic E-state index is 11.2. The summed E-state index contributed by atoms with van der Waals surface area (Å²) in [6.45, 7) is 2.14. The fourth-order valence-corrected chi connectivity index (χ4v) is 2.20. The molecule has 0 N–H and O–H groups in total. The topological polar surface area (TPSA) is 79.1 Å². The first-order valence-corrected chi connectivity index (χ1v) is 7.30. The molecule has 0 bridgehead atoms. The number of rotatable bonds is 6. The molecule has 0 aliphatic rings. The summed E-state index contributed by atoms with van der Waals surface area (Å²) in [6, 6.07) is 7.16. The van der Waals surface area contributed by atoms with Crippen molar-refractivity contribution in [1.82, 2.24) is 19.7 Å². The standard InChI is InChI=1S/C17H16N4O3/c1-12-5-7-21(20-12)17-13(4-3-6-18-17)11-24-15-9-19-16(23-2)8-14(15)10-22/h3-10H,11H2,1-2H3. The summed E-state index contributed by atoms with van der Waals surface area (Å²) < 4.78 is 12.5. The van der Waals surface area contributed by atoms with E-state index in [1.54, 1.807) is 10.9 Å². The van der Waals surface area contributed by atoms with Gasteiger partial charge in [0.1, 0.15) is 12.4 Å². The van der Waals surface area contributed by atoms with Gasteiger partial charge in [-0.05, 0) is 19.1 Å². The quantitative estimate of drug-likeness (QED) is 0.648. The molecule has 0 amide bonds. The van der Waals surface area contributed by atoms with Crippen molar-refractivity contribution in [2.75, 3.05) is 7.11 Å². The summed E-state index contributed by atoms with van der Waals surface area (Å²) >= 11 is 0. The average molecular weight is 324 g/mol. The van der Waals surface area contributed by atoms with E-state index in [2.05, 4.69) is 15.1 Å². The van der Waals surface area contributed by atoms with Crippen LogP contribution in [0.15, 0.2) is 42.9 Å². The van der Waals surface area contributed by atoms with Crippen LogP contribution in [0.2, 0.25) is 0 Å². The van der Waals surface area contributed by atoms with E-state index in [1.165, 1.54) is 19.4 Å². The predicted molar refractivity (Wildman–Crippen MR) is 86.6 cm³/mol. The first kappa shape index (κ1) is 15.7. The molecule has 0 aliphatic carbocycles. The molecule has 0 spiro atoms. The average Bonchev–Trinajstić information content (AvgIpc) is 3.06. The summed E-state index contributed by atoms with van der Waals surface area (Å²) in [7, 11) is 1.49. The lowest BCUT2D eigenvalue weighted by atomic mass is 10.2. The van der Waals surface area contributed by atoms with Crippen molar-refractivity contribution in [3.8, 4) is 17.4 Å². The minimum absolute atomic E-state index is 0.233. The van der Waals surface area contributed by atoms with Crippen molar-refractivity contribution >= 4 is 6.29 Å². The third kappa shape index (κ3) is 3.24. The van der Waals surface area contributed by atoms with E-state index in [9.17, 15) is 4.79 Å². The van der Waals surface area contributed by atoms with Crippen LogP contribution in [0.25, 0.3) is 5.82 Å². The number of methoxy groups -OCH3 is 1. The molecule has 0 aliphatic heterocycles. The predicted octanol–water partition coefficient (Wildman–Crippen LogP) is 2.37. The number of carbonyl (C=O) groups is 1. The fourth-order valence-electron chi connectivity index (χ4n) is 2.20. The van der Waals surface area contributed by atoms with Crippen molar-refractivity contribution in [2.24, 2.45) is 0 Å². The van der Waals surface area contributed by atoms with Crippen molar-refractivity contribution in [2.45, 2.75) is 13.5 Å². The van der Waals surface area contributed by atoms with Crippen LogP contribution in [0.3, 0.4) is 0 Å². The Balaban J connectivity index is 1.84. The van der Waals surface area contributed by atoms with Crippen LogP contribution in [0, 0.1) is 6.92 Å². The molecule has 0 saturated heterocycles. The molecule has 0 atom stereocenters. The molecule has 0 saturated carbocycles. The van der Waals surface area contributed by atoms with Gasteiger partial charge < -0.3 is 9.47 Å². The molecule has 3 rings (SSSR count). The lowest BCUT2D eigenvalue weighted by Gasteiger charge is -2.11. The second-order valence-corrected chi connectivity index (χ2v) is 5.06. The molecule has 0 unspecified atom stereocenters. The second-order valence-electron chi connectivity index (χ2n) is 5.06. The van der Waals surface area contributed by atoms with Gasteiger partial charge in [0.2, 0.25) is 5.88 Å². The fraction of sp³-hybridized carbons (Fsp3) is 0.176. The molecule has 3 aromatic rings. The Morgan fingerprint density at radius 2 is 2.17 bits per heavy atom. The Kier molecular flexibility index (Phi) is 4.51. The number of carbonyl (C=O) groups excluding carboxylic acids is 1. The number of hydrogen-bond acceptors (Lipinski definition) is 6. The molecule has 24 heavy (non-hydrogen) atoms. The number of hydrogen-bond donors (Lipinski definition) is 0. The second kappa shape index (κ2) is 6.91. The van der Waals surface area contributed by atoms with E-state index in [4.69, 9.17) is 9.47 Å². The molecule has 7 heteroatoms. The molecule has 3 aromatic heterocycles. The zero-order valence-electron chi connectivity index (χ0n) is 13.3. The van der Waals surface area contributed by atoms with E-state index in [0.29, 0.717) is 29.3 Å². The highest BCUT2D eigenvalue weighted by molar-refractivity contribution is 5.79. The summed E-state index contributed by atoms with van der Waals surface area (Å²) in [5, 5.41) is 4.37. The number of ether oxygens (including phenoxy) is 2. The maximum atomic E-state index is 11.2. The first-order chi connectivity index (χ1) is 11.7. The van der Waals surface area contributed by atoms with E-state index in [0.717, 1.165) is 11.3 Å². The molecular weight excluding hydrogens is 308 g/mol. The van der Waals surface area contributed by atoms with Gasteiger partial charge >= 0.3 is 0 Å². The Morgan fingerprint density at radius 1 is 1.29 bits per heavy atom. The third-order valence-corrected chi connectivity index (χ3v) is 3.40. The van der Waals surface area contributed by atoms with Crippen molar-refractivity contribution in [3.05, 3.63) is 59.7 Å². The van der Waals surface area contributed by atoms with Crippen molar-refractivity contribution in [1.29, 1.82) is 0 Å². The van der Waals surface area contributed by atoms with Crippen LogP contribution in [0.4, 0.5) is 0 Å². The number of nitrogens with zero attached hydrogens (tertiary/aromatic N) is 4. The number of aldehydes is 1. The van der Waals surface area contributed by atoms with Crippen molar-refractivity contribution < 1.29 is 14.3 Å². The van der Waals surface area contributed by atoms with Crippen molar-refractivity contribution in [3.63, 3.8) is 0 Å². The van der Waals surface area contributed by atoms with Crippen LogP contribution >= 0.6 is 0 Å². The van der Waals surface area contributed by atoms with Gasteiger partial charge in [-0.15, -0.1) is 0 Å². The van der Waals surface area contributed by atoms with Gasteiger partial charge in [0.05, 0.1) is 24.6 Å². The van der Waals surface area contributed by atoms with Gasteiger partial charge in [0.15, 0.2) is 12.1 Å². The van der Waals surface area contributed by atoms with Gasteiger partial charge in [-0.3, -0.25) is 4.79 Å². The molecule has 0 aromatic carbocycles. The van der Waals surface area contributed by atoms with Crippen LogP contribution in [-0.2, 0) is 6.61 Å². The monoisotopic (exact) mass is 324 g/mol. The Hall–Kier alpha value is -3.22. The van der Waals surface area contributed by atoms with Crippen LogP contribution in [-0.4, -0.2) is 33.1 Å². The first-order valence-electron chi connectivity index (χ1n) is 7.30. The highest BCUT2D eigenvalue weighted by Gasteiger charge is 2.10. The molecule has 0 fully saturated rings. The zero-order valence-corrected chi connectivity index (χ0v) is 13.3. The van der Waals surface area contributed by atoms with Gasteiger partial charge in [-0.2, -0.15) is 5.10 Å². The van der Waals surface area contributed by atoms with Crippen LogP contribution in [0.5, 0.6) is 11.6 Å². The zero-order chi connectivity index (χ0) is 16.9. The largest absolute Gasteiger partial charge is 0.486 e. The number of aromatic nitrogens is 4. The summed E-state index contributed by atoms with van der Waals surface area (Å²) in [5.41, 5.74) is 2.12. The summed E-state index contributed by atoms with van der Waals surface area (Å²) in [4.78, 5) is 19.6. The molecule has 122 valence electrons. The molecule has 3 heterocycles. The van der Waals surface area contributed by atoms with Crippen LogP contribution in [0.1, 0.15) is 21.6 Å². The van der Waals surface area contributed by atoms with Gasteiger partial charge in [0.25, 0.3) is 0 Å². The minimum atomic E-state index is 0.233. The lowest BCUT2D eigenvalue weighted by Crippen LogP contribution is -2.07. The van der Waals surface area contributed by atoms with Crippen LogP contribution < -0.4 is 9.47 Å². The molecule has 0 radical (unpaired) electrons. The Bertz CT molecular complexity index is 861. The summed E-state index contributed by atoms with van der Waals surface area (Å²) in [5.74, 6) is 1.43. The van der Waals surface area contributed by atoms with E-state index >= 15 is 0 Å². The SMILES string of the molecule is COc1cc(C=O)c(OCc2cccnc2-n2ccc(C)n2)cn1. The van der Waals surface area contributed by atoms with E-state index < -0.39 is 0 Å². The Morgan fingerprint density at radius 3 is 2.88 bits per heavy atom. The minimum Gasteiger partial charge on any atom is -0.486 e. The van der Waals surface area contributed by atoms with Gasteiger partial charge in [-0.25, -0.2) is 14.6 Å². The lowest BCUT2D eigenvalue weighted by molar-refractivity contribution is 0.111. The number of aryl methyl sites for hydroxylation is 1. The van der Waals surface area contributed by atoms with Gasteiger partial charge in [0, 0.05) is 24.0 Å². The van der Waals surface area contributed by atoms with Gasteiger partial charge in [-0.1, -0.05) is 6.07 Å². The van der Waals surface area contributed by atoms with E-state index in [-0.39, 0.29) is 6.61 Å². The smallest absolute Gasteiger partial charge is 0.213 e. The maximum Gasteiger partial charge on any atom is 0.213 e. The third-order valence-electron chi connectivity index (χ3n) is 3.40. The highest BCUT2D eigenvalue weighted by atomic mass is 16.5. The Labute approximate surface area is 138 Å². The summed E-state index contributed by atoms with van der Waals surface area (Å²) in [6.07, 6.45) is 5.71. The molecule has 7 nitrogen and oxygen atoms in total. The number of pyridine rings is 2.